The lowest BCUT2D eigenvalue weighted by Gasteiger charge is -2.34. The Balaban J connectivity index is 1.52. The van der Waals surface area contributed by atoms with E-state index in [1.807, 2.05) is 28.8 Å². The molecule has 2 fully saturated rings. The maximum atomic E-state index is 9.54. The van der Waals surface area contributed by atoms with E-state index in [9.17, 15) is 5.26 Å². The highest BCUT2D eigenvalue weighted by molar-refractivity contribution is 5.65. The molecular formula is C18H21N3O2. The van der Waals surface area contributed by atoms with E-state index in [1.54, 1.807) is 0 Å². The van der Waals surface area contributed by atoms with Crippen LogP contribution in [0.4, 0.5) is 0 Å². The monoisotopic (exact) mass is 311 g/mol. The highest BCUT2D eigenvalue weighted by Gasteiger charge is 2.31. The van der Waals surface area contributed by atoms with Gasteiger partial charge in [-0.05, 0) is 31.5 Å². The van der Waals surface area contributed by atoms with Gasteiger partial charge in [-0.1, -0.05) is 6.07 Å². The summed E-state index contributed by atoms with van der Waals surface area (Å²) in [7, 11) is 0. The van der Waals surface area contributed by atoms with E-state index in [0.717, 1.165) is 49.1 Å². The van der Waals surface area contributed by atoms with Gasteiger partial charge in [0, 0.05) is 37.0 Å². The summed E-state index contributed by atoms with van der Waals surface area (Å²) in [6, 6.07) is 8.35. The molecule has 4 rings (SSSR count). The fraction of sp³-hybridized carbons (Fsp3) is 0.500. The molecule has 2 aromatic rings. The molecule has 0 spiro atoms. The minimum atomic E-state index is -0.0404. The molecule has 0 aliphatic carbocycles. The molecule has 1 unspecified atom stereocenters. The number of ether oxygens (including phenoxy) is 2. The Morgan fingerprint density at radius 2 is 2.13 bits per heavy atom. The quantitative estimate of drug-likeness (QED) is 0.873. The summed E-state index contributed by atoms with van der Waals surface area (Å²) in [5, 5.41) is 9.54. The molecule has 5 nitrogen and oxygen atoms in total. The Morgan fingerprint density at radius 1 is 1.26 bits per heavy atom. The molecule has 0 saturated carbocycles. The number of aromatic nitrogens is 1. The van der Waals surface area contributed by atoms with Crippen LogP contribution in [0.15, 0.2) is 30.6 Å². The minimum Gasteiger partial charge on any atom is -0.350 e. The number of hydrogen-bond acceptors (Lipinski definition) is 4. The van der Waals surface area contributed by atoms with Crippen molar-refractivity contribution in [3.05, 3.63) is 41.7 Å². The van der Waals surface area contributed by atoms with Crippen molar-refractivity contribution in [2.24, 2.45) is 5.92 Å². The molecule has 2 aliphatic rings. The van der Waals surface area contributed by atoms with Crippen LogP contribution in [0.2, 0.25) is 0 Å². The van der Waals surface area contributed by atoms with Crippen molar-refractivity contribution in [1.29, 1.82) is 5.26 Å². The lowest BCUT2D eigenvalue weighted by atomic mass is 9.97. The van der Waals surface area contributed by atoms with E-state index in [0.29, 0.717) is 19.1 Å². The fourth-order valence-corrected chi connectivity index (χ4v) is 3.77. The lowest BCUT2D eigenvalue weighted by Crippen LogP contribution is -2.40. The van der Waals surface area contributed by atoms with Crippen molar-refractivity contribution in [2.45, 2.75) is 25.7 Å². The molecule has 0 radical (unpaired) electrons. The number of fused-ring (bicyclic) bond motifs is 1. The van der Waals surface area contributed by atoms with E-state index < -0.39 is 0 Å². The third-order valence-corrected chi connectivity index (χ3v) is 4.84. The summed E-state index contributed by atoms with van der Waals surface area (Å²) in [6.07, 6.45) is 6.35. The highest BCUT2D eigenvalue weighted by Crippen LogP contribution is 2.27. The largest absolute Gasteiger partial charge is 0.350 e. The van der Waals surface area contributed by atoms with Gasteiger partial charge in [-0.25, -0.2) is 0 Å². The minimum absolute atomic E-state index is 0.0404. The average Bonchev–Trinajstić information content (AvgIpc) is 3.22. The zero-order valence-electron chi connectivity index (χ0n) is 13.1. The van der Waals surface area contributed by atoms with Gasteiger partial charge in [0.05, 0.1) is 24.3 Å². The van der Waals surface area contributed by atoms with Gasteiger partial charge in [-0.2, -0.15) is 5.26 Å². The number of nitriles is 1. The normalized spacial score (nSPS) is 23.3. The predicted molar refractivity (Wildman–Crippen MR) is 85.8 cm³/mol. The zero-order chi connectivity index (χ0) is 15.6. The molecule has 120 valence electrons. The van der Waals surface area contributed by atoms with Crippen LogP contribution in [0, 0.1) is 17.2 Å². The molecule has 0 aromatic carbocycles. The summed E-state index contributed by atoms with van der Waals surface area (Å²) >= 11 is 0. The summed E-state index contributed by atoms with van der Waals surface area (Å²) in [5.41, 5.74) is 2.88. The molecule has 0 amide bonds. The third kappa shape index (κ3) is 2.86. The molecule has 2 saturated heterocycles. The average molecular weight is 311 g/mol. The summed E-state index contributed by atoms with van der Waals surface area (Å²) < 4.78 is 13.4. The van der Waals surface area contributed by atoms with Gasteiger partial charge < -0.3 is 13.9 Å². The molecule has 2 aliphatic heterocycles. The van der Waals surface area contributed by atoms with Crippen molar-refractivity contribution in [1.82, 2.24) is 9.30 Å². The first-order valence-corrected chi connectivity index (χ1v) is 8.29. The van der Waals surface area contributed by atoms with E-state index >= 15 is 0 Å². The zero-order valence-corrected chi connectivity index (χ0v) is 13.1. The Bertz CT molecular complexity index is 727. The molecule has 2 aromatic heterocycles. The number of pyridine rings is 1. The van der Waals surface area contributed by atoms with Gasteiger partial charge in [-0.15, -0.1) is 0 Å². The van der Waals surface area contributed by atoms with E-state index in [2.05, 4.69) is 17.2 Å². The standard InChI is InChI=1S/C18H21N3O2/c19-10-16-15(13-21-7-2-1-5-17(16)21)12-20-6-3-4-14(11-20)18-22-8-9-23-18/h1-2,5,7,13-14,18H,3-4,6,8-9,11-12H2. The van der Waals surface area contributed by atoms with Crippen molar-refractivity contribution in [3.8, 4) is 6.07 Å². The van der Waals surface area contributed by atoms with Gasteiger partial charge in [0.15, 0.2) is 6.29 Å². The van der Waals surface area contributed by atoms with Crippen LogP contribution < -0.4 is 0 Å². The molecule has 23 heavy (non-hydrogen) atoms. The van der Waals surface area contributed by atoms with Crippen LogP contribution >= 0.6 is 0 Å². The molecule has 0 bridgehead atoms. The van der Waals surface area contributed by atoms with Crippen LogP contribution in [-0.4, -0.2) is 41.9 Å². The summed E-state index contributed by atoms with van der Waals surface area (Å²) in [4.78, 5) is 2.43. The van der Waals surface area contributed by atoms with Crippen LogP contribution in [0.3, 0.4) is 0 Å². The van der Waals surface area contributed by atoms with Crippen molar-refractivity contribution < 1.29 is 9.47 Å². The van der Waals surface area contributed by atoms with Gasteiger partial charge in [-0.3, -0.25) is 4.90 Å². The number of piperidine rings is 1. The van der Waals surface area contributed by atoms with Crippen LogP contribution in [-0.2, 0) is 16.0 Å². The second kappa shape index (κ2) is 6.32. The van der Waals surface area contributed by atoms with Gasteiger partial charge >= 0.3 is 0 Å². The first-order chi connectivity index (χ1) is 11.3. The van der Waals surface area contributed by atoms with Crippen LogP contribution in [0.5, 0.6) is 0 Å². The summed E-state index contributed by atoms with van der Waals surface area (Å²) in [6.45, 7) is 4.28. The molecule has 5 heteroatoms. The number of nitrogens with zero attached hydrogens (tertiary/aromatic N) is 3. The first-order valence-electron chi connectivity index (χ1n) is 8.29. The molecule has 0 N–H and O–H groups in total. The Labute approximate surface area is 136 Å². The Kier molecular flexibility index (Phi) is 4.04. The van der Waals surface area contributed by atoms with Gasteiger partial charge in [0.25, 0.3) is 0 Å². The maximum Gasteiger partial charge on any atom is 0.161 e. The fourth-order valence-electron chi connectivity index (χ4n) is 3.77. The van der Waals surface area contributed by atoms with E-state index in [4.69, 9.17) is 9.47 Å². The first kappa shape index (κ1) is 14.7. The number of hydrogen-bond donors (Lipinski definition) is 0. The van der Waals surface area contributed by atoms with Crippen LogP contribution in [0.1, 0.15) is 24.0 Å². The number of rotatable bonds is 3. The molecule has 4 heterocycles. The molecule has 1 atom stereocenters. The van der Waals surface area contributed by atoms with Gasteiger partial charge in [0.1, 0.15) is 6.07 Å². The second-order valence-corrected chi connectivity index (χ2v) is 6.38. The van der Waals surface area contributed by atoms with Crippen LogP contribution in [0.25, 0.3) is 5.52 Å². The predicted octanol–water partition coefficient (Wildman–Crippen LogP) is 2.40. The van der Waals surface area contributed by atoms with E-state index in [-0.39, 0.29) is 6.29 Å². The highest BCUT2D eigenvalue weighted by atomic mass is 16.7. The smallest absolute Gasteiger partial charge is 0.161 e. The Morgan fingerprint density at radius 3 is 2.96 bits per heavy atom. The number of likely N-dealkylation sites (tertiary alicyclic amines) is 1. The maximum absolute atomic E-state index is 9.54. The van der Waals surface area contributed by atoms with Crippen molar-refractivity contribution >= 4 is 5.52 Å². The third-order valence-electron chi connectivity index (χ3n) is 4.84. The lowest BCUT2D eigenvalue weighted by molar-refractivity contribution is -0.101. The van der Waals surface area contributed by atoms with Crippen molar-refractivity contribution in [2.75, 3.05) is 26.3 Å². The topological polar surface area (TPSA) is 49.9 Å². The van der Waals surface area contributed by atoms with E-state index in [1.165, 1.54) is 0 Å². The van der Waals surface area contributed by atoms with Gasteiger partial charge in [0.2, 0.25) is 0 Å². The Hall–Kier alpha value is -1.87. The SMILES string of the molecule is N#Cc1c(CN2CCCC(C3OCCO3)C2)cn2ccccc12. The summed E-state index contributed by atoms with van der Waals surface area (Å²) in [5.74, 6) is 0.439. The second-order valence-electron chi connectivity index (χ2n) is 6.38. The molecular weight excluding hydrogens is 290 g/mol. The van der Waals surface area contributed by atoms with Crippen molar-refractivity contribution in [3.63, 3.8) is 0 Å².